The van der Waals surface area contributed by atoms with E-state index in [4.69, 9.17) is 0 Å². The molecule has 2 heterocycles. The van der Waals surface area contributed by atoms with Crippen LogP contribution in [0.25, 0.3) is 10.8 Å². The Bertz CT molecular complexity index is 547. The number of fused-ring (bicyclic) bond motifs is 1. The van der Waals surface area contributed by atoms with Gasteiger partial charge in [-0.3, -0.25) is 9.78 Å². The fourth-order valence-electron chi connectivity index (χ4n) is 1.90. The van der Waals surface area contributed by atoms with Crippen molar-refractivity contribution in [2.75, 3.05) is 6.54 Å². The zero-order valence-corrected chi connectivity index (χ0v) is 9.45. The topological polar surface area (TPSA) is 57.8 Å². The van der Waals surface area contributed by atoms with Crippen molar-refractivity contribution in [3.8, 4) is 0 Å². The maximum Gasteiger partial charge on any atom is 0.257 e. The van der Waals surface area contributed by atoms with Crippen LogP contribution in [0, 0.1) is 0 Å². The van der Waals surface area contributed by atoms with E-state index in [2.05, 4.69) is 29.1 Å². The van der Waals surface area contributed by atoms with Crippen molar-refractivity contribution >= 4 is 10.8 Å². The van der Waals surface area contributed by atoms with Crippen molar-refractivity contribution in [3.05, 3.63) is 40.6 Å². The molecular formula is C12H15N3O. The van der Waals surface area contributed by atoms with E-state index in [9.17, 15) is 4.79 Å². The Balaban J connectivity index is 2.63. The van der Waals surface area contributed by atoms with E-state index in [1.165, 1.54) is 0 Å². The van der Waals surface area contributed by atoms with E-state index in [-0.39, 0.29) is 11.6 Å². The molecule has 0 saturated heterocycles. The molecule has 1 atom stereocenters. The number of pyridine rings is 2. The van der Waals surface area contributed by atoms with Gasteiger partial charge in [-0.15, -0.1) is 0 Å². The lowest BCUT2D eigenvalue weighted by atomic mass is 10.0. The van der Waals surface area contributed by atoms with Crippen LogP contribution in [0.5, 0.6) is 0 Å². The Kier molecular flexibility index (Phi) is 3.01. The first kappa shape index (κ1) is 10.8. The highest BCUT2D eigenvalue weighted by Gasteiger charge is 2.09. The minimum atomic E-state index is -0.0875. The van der Waals surface area contributed by atoms with Crippen LogP contribution in [-0.4, -0.2) is 16.5 Å². The molecule has 16 heavy (non-hydrogen) atoms. The third-order valence-corrected chi connectivity index (χ3v) is 2.71. The maximum absolute atomic E-state index is 11.6. The summed E-state index contributed by atoms with van der Waals surface area (Å²) < 4.78 is 0. The second kappa shape index (κ2) is 4.45. The lowest BCUT2D eigenvalue weighted by molar-refractivity contribution is 0.600. The molecule has 4 heteroatoms. The number of hydrogen-bond acceptors (Lipinski definition) is 3. The second-order valence-corrected chi connectivity index (χ2v) is 3.77. The monoisotopic (exact) mass is 217 g/mol. The summed E-state index contributed by atoms with van der Waals surface area (Å²) >= 11 is 0. The van der Waals surface area contributed by atoms with E-state index < -0.39 is 0 Å². The van der Waals surface area contributed by atoms with Gasteiger partial charge in [-0.2, -0.15) is 0 Å². The smallest absolute Gasteiger partial charge is 0.257 e. The lowest BCUT2D eigenvalue weighted by Crippen LogP contribution is -2.19. The molecule has 2 aromatic rings. The van der Waals surface area contributed by atoms with Gasteiger partial charge in [0.1, 0.15) is 0 Å². The number of hydrogen-bond donors (Lipinski definition) is 2. The summed E-state index contributed by atoms with van der Waals surface area (Å²) in [5, 5.41) is 4.94. The van der Waals surface area contributed by atoms with Crippen molar-refractivity contribution < 1.29 is 0 Å². The predicted molar refractivity (Wildman–Crippen MR) is 64.5 cm³/mol. The van der Waals surface area contributed by atoms with E-state index in [1.807, 2.05) is 6.07 Å². The summed E-state index contributed by atoms with van der Waals surface area (Å²) in [4.78, 5) is 18.3. The van der Waals surface area contributed by atoms with Gasteiger partial charge < -0.3 is 10.3 Å². The molecule has 0 radical (unpaired) electrons. The van der Waals surface area contributed by atoms with Gasteiger partial charge in [0.05, 0.1) is 5.39 Å². The Morgan fingerprint density at radius 1 is 1.50 bits per heavy atom. The number of H-pyrrole nitrogens is 1. The number of aromatic amines is 1. The van der Waals surface area contributed by atoms with Crippen LogP contribution in [0.15, 0.2) is 29.5 Å². The standard InChI is InChI=1S/C12H15N3O/c1-3-14-8(2)10-7-15-12(16)11-6-13-5-4-9(10)11/h4-8,14H,3H2,1-2H3,(H,15,16). The number of aromatic nitrogens is 2. The van der Waals surface area contributed by atoms with Gasteiger partial charge in [-0.25, -0.2) is 0 Å². The first-order valence-corrected chi connectivity index (χ1v) is 5.42. The highest BCUT2D eigenvalue weighted by Crippen LogP contribution is 2.19. The molecule has 0 aliphatic rings. The van der Waals surface area contributed by atoms with Gasteiger partial charge in [-0.1, -0.05) is 6.92 Å². The SMILES string of the molecule is CCNC(C)c1c[nH]c(=O)c2cnccc12. The largest absolute Gasteiger partial charge is 0.328 e. The molecule has 0 fully saturated rings. The summed E-state index contributed by atoms with van der Waals surface area (Å²) in [7, 11) is 0. The average Bonchev–Trinajstić information content (AvgIpc) is 2.30. The second-order valence-electron chi connectivity index (χ2n) is 3.77. The first-order chi connectivity index (χ1) is 7.74. The predicted octanol–water partition coefficient (Wildman–Crippen LogP) is 1.59. The Morgan fingerprint density at radius 3 is 3.06 bits per heavy atom. The number of nitrogens with one attached hydrogen (secondary N) is 2. The van der Waals surface area contributed by atoms with Crippen LogP contribution in [0.2, 0.25) is 0 Å². The zero-order chi connectivity index (χ0) is 11.5. The normalized spacial score (nSPS) is 12.9. The average molecular weight is 217 g/mol. The van der Waals surface area contributed by atoms with Crippen LogP contribution in [0.1, 0.15) is 25.5 Å². The van der Waals surface area contributed by atoms with Crippen molar-refractivity contribution in [2.24, 2.45) is 0 Å². The van der Waals surface area contributed by atoms with Crippen LogP contribution in [0.4, 0.5) is 0 Å². The molecule has 2 aromatic heterocycles. The molecule has 84 valence electrons. The third-order valence-electron chi connectivity index (χ3n) is 2.71. The number of nitrogens with zero attached hydrogens (tertiary/aromatic N) is 1. The quantitative estimate of drug-likeness (QED) is 0.821. The van der Waals surface area contributed by atoms with Crippen molar-refractivity contribution in [1.82, 2.24) is 15.3 Å². The van der Waals surface area contributed by atoms with Crippen LogP contribution < -0.4 is 10.9 Å². The Morgan fingerprint density at radius 2 is 2.31 bits per heavy atom. The summed E-state index contributed by atoms with van der Waals surface area (Å²) in [6.45, 7) is 5.04. The fourth-order valence-corrected chi connectivity index (χ4v) is 1.90. The van der Waals surface area contributed by atoms with Gasteiger partial charge in [0.2, 0.25) is 0 Å². The molecule has 0 saturated carbocycles. The molecule has 0 aliphatic carbocycles. The van der Waals surface area contributed by atoms with Crippen LogP contribution >= 0.6 is 0 Å². The molecular weight excluding hydrogens is 202 g/mol. The molecule has 0 spiro atoms. The van der Waals surface area contributed by atoms with Gasteiger partial charge in [0.25, 0.3) is 5.56 Å². The van der Waals surface area contributed by atoms with Gasteiger partial charge in [0.15, 0.2) is 0 Å². The Labute approximate surface area is 93.7 Å². The number of rotatable bonds is 3. The fraction of sp³-hybridized carbons (Fsp3) is 0.333. The van der Waals surface area contributed by atoms with Gasteiger partial charge >= 0.3 is 0 Å². The zero-order valence-electron chi connectivity index (χ0n) is 9.45. The maximum atomic E-state index is 11.6. The van der Waals surface area contributed by atoms with Crippen molar-refractivity contribution in [1.29, 1.82) is 0 Å². The molecule has 0 amide bonds. The molecule has 0 bridgehead atoms. The van der Waals surface area contributed by atoms with E-state index >= 15 is 0 Å². The lowest BCUT2D eigenvalue weighted by Gasteiger charge is -2.14. The van der Waals surface area contributed by atoms with Crippen LogP contribution in [-0.2, 0) is 0 Å². The minimum absolute atomic E-state index is 0.0875. The van der Waals surface area contributed by atoms with Crippen molar-refractivity contribution in [3.63, 3.8) is 0 Å². The van der Waals surface area contributed by atoms with Gasteiger partial charge in [-0.05, 0) is 30.5 Å². The summed E-state index contributed by atoms with van der Waals surface area (Å²) in [5.41, 5.74) is 1.01. The van der Waals surface area contributed by atoms with E-state index in [0.717, 1.165) is 17.5 Å². The van der Waals surface area contributed by atoms with Crippen LogP contribution in [0.3, 0.4) is 0 Å². The highest BCUT2D eigenvalue weighted by atomic mass is 16.1. The van der Waals surface area contributed by atoms with Gasteiger partial charge in [0, 0.05) is 24.6 Å². The third kappa shape index (κ3) is 1.84. The summed E-state index contributed by atoms with van der Waals surface area (Å²) in [6, 6.07) is 2.10. The van der Waals surface area contributed by atoms with E-state index in [0.29, 0.717) is 5.39 Å². The first-order valence-electron chi connectivity index (χ1n) is 5.42. The Hall–Kier alpha value is -1.68. The molecule has 2 rings (SSSR count). The van der Waals surface area contributed by atoms with Crippen molar-refractivity contribution in [2.45, 2.75) is 19.9 Å². The minimum Gasteiger partial charge on any atom is -0.328 e. The molecule has 0 aliphatic heterocycles. The molecule has 1 unspecified atom stereocenters. The highest BCUT2D eigenvalue weighted by molar-refractivity contribution is 5.83. The summed E-state index contributed by atoms with van der Waals surface area (Å²) in [5.74, 6) is 0. The molecule has 4 nitrogen and oxygen atoms in total. The van der Waals surface area contributed by atoms with E-state index in [1.54, 1.807) is 18.6 Å². The molecule has 0 aromatic carbocycles. The molecule has 2 N–H and O–H groups in total. The summed E-state index contributed by atoms with van der Waals surface area (Å²) in [6.07, 6.45) is 5.10.